The van der Waals surface area contributed by atoms with Gasteiger partial charge in [-0.2, -0.15) is 0 Å². The first-order valence-electron chi connectivity index (χ1n) is 10.4. The lowest BCUT2D eigenvalue weighted by molar-refractivity contribution is 0.443. The van der Waals surface area contributed by atoms with Crippen molar-refractivity contribution in [2.45, 2.75) is 62.7 Å². The van der Waals surface area contributed by atoms with Crippen LogP contribution in [-0.2, 0) is 22.1 Å². The fourth-order valence-corrected chi connectivity index (χ4v) is 7.15. The van der Waals surface area contributed by atoms with Crippen molar-refractivity contribution in [2.24, 2.45) is 0 Å². The van der Waals surface area contributed by atoms with Crippen LogP contribution >= 0.6 is 11.3 Å². The third-order valence-electron chi connectivity index (χ3n) is 7.24. The van der Waals surface area contributed by atoms with Gasteiger partial charge in [-0.25, -0.2) is 0 Å². The molecule has 0 radical (unpaired) electrons. The molecule has 2 aromatic carbocycles. The van der Waals surface area contributed by atoms with E-state index in [0.717, 1.165) is 5.56 Å². The Morgan fingerprint density at radius 3 is 2.41 bits per heavy atom. The van der Waals surface area contributed by atoms with E-state index in [0.29, 0.717) is 17.0 Å². The predicted octanol–water partition coefficient (Wildman–Crippen LogP) is 5.82. The summed E-state index contributed by atoms with van der Waals surface area (Å²) in [4.78, 5) is 0. The van der Waals surface area contributed by atoms with Crippen LogP contribution in [-0.4, -0.2) is 20.9 Å². The summed E-state index contributed by atoms with van der Waals surface area (Å²) in [5.41, 5.74) is 2.53. The largest absolute Gasteiger partial charge is 0.616 e. The lowest BCUT2D eigenvalue weighted by atomic mass is 9.90. The van der Waals surface area contributed by atoms with Crippen molar-refractivity contribution >= 4 is 48.5 Å². The summed E-state index contributed by atoms with van der Waals surface area (Å²) in [5, 5.41) is 14.3. The Hall–Kier alpha value is -1.56. The highest BCUT2D eigenvalue weighted by Crippen LogP contribution is 2.52. The molecule has 2 heterocycles. The Morgan fingerprint density at radius 2 is 1.76 bits per heavy atom. The maximum atomic E-state index is 12.8. The van der Waals surface area contributed by atoms with Gasteiger partial charge in [-0.1, -0.05) is 25.1 Å². The van der Waals surface area contributed by atoms with Gasteiger partial charge in [0.25, 0.3) is 0 Å². The van der Waals surface area contributed by atoms with Gasteiger partial charge < -0.3 is 9.87 Å². The second-order valence-corrected chi connectivity index (χ2v) is 12.6. The van der Waals surface area contributed by atoms with Crippen molar-refractivity contribution < 1.29 is 4.55 Å². The van der Waals surface area contributed by atoms with Gasteiger partial charge in [0.1, 0.15) is 11.3 Å². The van der Waals surface area contributed by atoms with Crippen LogP contribution < -0.4 is 5.32 Å². The monoisotopic (exact) mass is 424 g/mol. The lowest BCUT2D eigenvalue weighted by Crippen LogP contribution is -2.63. The smallest absolute Gasteiger partial charge is 0.176 e. The molecule has 5 rings (SSSR count). The summed E-state index contributed by atoms with van der Waals surface area (Å²) in [7, 11) is 0. The van der Waals surface area contributed by atoms with Crippen molar-refractivity contribution in [3.63, 3.8) is 0 Å². The van der Waals surface area contributed by atoms with E-state index in [1.807, 2.05) is 25.2 Å². The van der Waals surface area contributed by atoms with E-state index in [-0.39, 0.29) is 0 Å². The highest BCUT2D eigenvalue weighted by molar-refractivity contribution is 7.93. The summed E-state index contributed by atoms with van der Waals surface area (Å²) < 4.78 is 14.9. The van der Waals surface area contributed by atoms with E-state index in [2.05, 4.69) is 55.6 Å². The van der Waals surface area contributed by atoms with E-state index in [4.69, 9.17) is 5.41 Å². The van der Waals surface area contributed by atoms with Crippen molar-refractivity contribution in [1.29, 1.82) is 5.41 Å². The molecule has 2 atom stereocenters. The summed E-state index contributed by atoms with van der Waals surface area (Å²) in [5.74, 6) is 0.873. The summed E-state index contributed by atoms with van der Waals surface area (Å²) >= 11 is 0.769. The molecule has 0 bridgehead atoms. The topological polar surface area (TPSA) is 58.9 Å². The molecular weight excluding hydrogens is 396 g/mol. The van der Waals surface area contributed by atoms with Gasteiger partial charge in [-0.05, 0) is 86.0 Å². The molecule has 152 valence electrons. The summed E-state index contributed by atoms with van der Waals surface area (Å²) in [6.07, 6.45) is 3.85. The van der Waals surface area contributed by atoms with Gasteiger partial charge in [0.05, 0.1) is 0 Å². The first kappa shape index (κ1) is 19.4. The second kappa shape index (κ2) is 6.22. The summed E-state index contributed by atoms with van der Waals surface area (Å²) in [6, 6.07) is 13.6. The van der Waals surface area contributed by atoms with Gasteiger partial charge >= 0.3 is 0 Å². The molecular formula is C24H28N2OS2. The molecule has 0 amide bonds. The van der Waals surface area contributed by atoms with E-state index in [1.165, 1.54) is 45.0 Å². The van der Waals surface area contributed by atoms with Gasteiger partial charge in [0, 0.05) is 20.2 Å². The van der Waals surface area contributed by atoms with Crippen LogP contribution in [0.5, 0.6) is 0 Å². The molecule has 0 spiro atoms. The van der Waals surface area contributed by atoms with Crippen molar-refractivity contribution in [3.05, 3.63) is 47.5 Å². The minimum Gasteiger partial charge on any atom is -0.616 e. The fraction of sp³-hybridized carbons (Fsp3) is 0.458. The fourth-order valence-electron chi connectivity index (χ4n) is 4.62. The molecule has 3 nitrogen and oxygen atoms in total. The van der Waals surface area contributed by atoms with Crippen LogP contribution in [0.15, 0.2) is 36.4 Å². The highest BCUT2D eigenvalue weighted by Gasteiger charge is 2.49. The molecule has 1 saturated carbocycles. The third-order valence-corrected chi connectivity index (χ3v) is 10.6. The number of rotatable bonds is 3. The number of thiophene rings is 1. The average Bonchev–Trinajstić information content (AvgIpc) is 3.40. The molecule has 1 aliphatic heterocycles. The maximum Gasteiger partial charge on any atom is 0.176 e. The van der Waals surface area contributed by atoms with E-state index >= 15 is 0 Å². The number of nitrogens with one attached hydrogen (secondary N) is 2. The Morgan fingerprint density at radius 1 is 1.03 bits per heavy atom. The van der Waals surface area contributed by atoms with Gasteiger partial charge in [0.2, 0.25) is 0 Å². The van der Waals surface area contributed by atoms with Crippen molar-refractivity contribution in [3.8, 4) is 0 Å². The Bertz CT molecular complexity index is 1140. The van der Waals surface area contributed by atoms with Crippen LogP contribution in [0.4, 0.5) is 0 Å². The number of amidine groups is 1. The minimum atomic E-state index is -1.09. The molecule has 29 heavy (non-hydrogen) atoms. The van der Waals surface area contributed by atoms with Gasteiger partial charge in [-0.3, -0.25) is 5.41 Å². The van der Waals surface area contributed by atoms with Crippen LogP contribution in [0.25, 0.3) is 20.2 Å². The molecule has 1 aromatic heterocycles. The number of hydrogen-bond acceptors (Lipinski definition) is 3. The summed E-state index contributed by atoms with van der Waals surface area (Å²) in [6.45, 7) is 8.14. The standard InChI is InChI=1S/C24H28N2OS2/c1-5-24(10-11-24)16-6-8-17-18-12-15(7-9-19(18)28-20(17)13-16)23(4)14-29(27)22(2,3)21(25)26-23/h6-9,12-13H,5,10-11,14H2,1-4H3,(H2,25,26)/t23-,29?/m0/s1. The third kappa shape index (κ3) is 2.85. The average molecular weight is 425 g/mol. The Balaban J connectivity index is 1.58. The second-order valence-electron chi connectivity index (χ2n) is 9.49. The maximum absolute atomic E-state index is 12.8. The highest BCUT2D eigenvalue weighted by atomic mass is 32.2. The molecule has 2 fully saturated rings. The minimum absolute atomic E-state index is 0.360. The van der Waals surface area contributed by atoms with Gasteiger partial charge in [0.15, 0.2) is 10.6 Å². The predicted molar refractivity (Wildman–Crippen MR) is 126 cm³/mol. The molecule has 5 heteroatoms. The molecule has 2 aliphatic rings. The quantitative estimate of drug-likeness (QED) is 0.521. The molecule has 3 aromatic rings. The van der Waals surface area contributed by atoms with Gasteiger partial charge in [-0.15, -0.1) is 11.3 Å². The van der Waals surface area contributed by atoms with Crippen LogP contribution in [0.2, 0.25) is 0 Å². The molecule has 1 unspecified atom stereocenters. The number of hydrogen-bond donors (Lipinski definition) is 2. The van der Waals surface area contributed by atoms with Crippen molar-refractivity contribution in [1.82, 2.24) is 5.32 Å². The SMILES string of the molecule is CCC1(c2ccc3c(c2)sc2ccc([C@]4(C)C[S+]([O-])C(C)(C)C(=N)N4)cc23)CC1. The number of benzene rings is 2. The van der Waals surface area contributed by atoms with Crippen LogP contribution in [0.1, 0.15) is 58.1 Å². The van der Waals surface area contributed by atoms with E-state index in [9.17, 15) is 4.55 Å². The Labute approximate surface area is 179 Å². The Kier molecular flexibility index (Phi) is 4.16. The number of fused-ring (bicyclic) bond motifs is 3. The molecule has 1 aliphatic carbocycles. The zero-order valence-electron chi connectivity index (χ0n) is 17.5. The molecule has 1 saturated heterocycles. The van der Waals surface area contributed by atoms with Crippen LogP contribution in [0, 0.1) is 5.41 Å². The van der Waals surface area contributed by atoms with Crippen molar-refractivity contribution in [2.75, 3.05) is 5.75 Å². The zero-order chi connectivity index (χ0) is 20.6. The first-order valence-corrected chi connectivity index (χ1v) is 12.6. The first-order chi connectivity index (χ1) is 13.7. The lowest BCUT2D eigenvalue weighted by Gasteiger charge is -2.44. The van der Waals surface area contributed by atoms with E-state index < -0.39 is 21.5 Å². The van der Waals surface area contributed by atoms with Crippen LogP contribution in [0.3, 0.4) is 0 Å². The zero-order valence-corrected chi connectivity index (χ0v) is 19.2. The van der Waals surface area contributed by atoms with E-state index in [1.54, 1.807) is 0 Å². The molecule has 2 N–H and O–H groups in total. The normalized spacial score (nSPS) is 27.9.